The summed E-state index contributed by atoms with van der Waals surface area (Å²) < 4.78 is 0. The molecule has 0 radical (unpaired) electrons. The Kier molecular flexibility index (Phi) is 4.40. The van der Waals surface area contributed by atoms with Crippen LogP contribution in [-0.2, 0) is 4.79 Å². The quantitative estimate of drug-likeness (QED) is 0.579. The summed E-state index contributed by atoms with van der Waals surface area (Å²) in [7, 11) is 0. The van der Waals surface area contributed by atoms with Crippen LogP contribution in [0.2, 0.25) is 0 Å². The predicted octanol–water partition coefficient (Wildman–Crippen LogP) is 1.94. The highest BCUT2D eigenvalue weighted by Gasteiger charge is 2.18. The van der Waals surface area contributed by atoms with Crippen LogP contribution < -0.4 is 11.1 Å². The number of nitrogens with two attached hydrogens (primary N) is 1. The molecule has 0 unspecified atom stereocenters. The van der Waals surface area contributed by atoms with Crippen molar-refractivity contribution in [1.82, 2.24) is 5.32 Å². The van der Waals surface area contributed by atoms with Gasteiger partial charge >= 0.3 is 0 Å². The number of amides is 1. The van der Waals surface area contributed by atoms with E-state index in [4.69, 9.17) is 5.73 Å². The molecule has 3 N–H and O–H groups in total. The van der Waals surface area contributed by atoms with E-state index in [9.17, 15) is 4.79 Å². The van der Waals surface area contributed by atoms with Gasteiger partial charge in [0.15, 0.2) is 5.96 Å². The van der Waals surface area contributed by atoms with Crippen LogP contribution >= 0.6 is 0 Å². The zero-order valence-corrected chi connectivity index (χ0v) is 10.5. The Morgan fingerprint density at radius 2 is 1.88 bits per heavy atom. The number of carbonyl (C=O) groups is 1. The predicted molar refractivity (Wildman–Crippen MR) is 68.6 cm³/mol. The average Bonchev–Trinajstić information content (AvgIpc) is 2.73. The zero-order valence-electron chi connectivity index (χ0n) is 10.5. The first-order valence-electron chi connectivity index (χ1n) is 6.87. The maximum absolute atomic E-state index is 11.6. The van der Waals surface area contributed by atoms with Gasteiger partial charge < -0.3 is 5.73 Å². The number of aliphatic imine (C=N–C) groups is 1. The van der Waals surface area contributed by atoms with Crippen molar-refractivity contribution in [3.8, 4) is 0 Å². The Morgan fingerprint density at radius 1 is 1.18 bits per heavy atom. The molecule has 0 aromatic carbocycles. The molecule has 2 fully saturated rings. The molecule has 2 aliphatic rings. The first kappa shape index (κ1) is 12.4. The number of hydrogen-bond donors (Lipinski definition) is 2. The molecule has 0 bridgehead atoms. The smallest absolute Gasteiger partial charge is 0.226 e. The van der Waals surface area contributed by atoms with Gasteiger partial charge in [0, 0.05) is 6.42 Å². The van der Waals surface area contributed by atoms with Gasteiger partial charge in [-0.1, -0.05) is 25.7 Å². The summed E-state index contributed by atoms with van der Waals surface area (Å²) in [5.41, 5.74) is 5.69. The Morgan fingerprint density at radius 3 is 2.47 bits per heavy atom. The third-order valence-electron chi connectivity index (χ3n) is 3.92. The minimum atomic E-state index is 0.0254. The van der Waals surface area contributed by atoms with Crippen molar-refractivity contribution in [1.29, 1.82) is 0 Å². The fourth-order valence-electron chi connectivity index (χ4n) is 2.58. The van der Waals surface area contributed by atoms with Crippen LogP contribution in [0.1, 0.15) is 57.8 Å². The minimum absolute atomic E-state index is 0.0254. The summed E-state index contributed by atoms with van der Waals surface area (Å²) in [6.45, 7) is 0. The number of carbonyl (C=O) groups excluding carboxylic acids is 1. The van der Waals surface area contributed by atoms with Gasteiger partial charge in [-0.05, 0) is 31.6 Å². The molecular formula is C13H23N3O. The Labute approximate surface area is 103 Å². The van der Waals surface area contributed by atoms with Crippen molar-refractivity contribution in [3.05, 3.63) is 0 Å². The van der Waals surface area contributed by atoms with Crippen LogP contribution in [0.3, 0.4) is 0 Å². The molecule has 0 heterocycles. The normalized spacial score (nSPS) is 22.5. The van der Waals surface area contributed by atoms with Gasteiger partial charge in [0.05, 0.1) is 6.04 Å². The van der Waals surface area contributed by atoms with E-state index in [1.807, 2.05) is 0 Å². The fourth-order valence-corrected chi connectivity index (χ4v) is 2.58. The summed E-state index contributed by atoms with van der Waals surface area (Å²) in [6.07, 6.45) is 10.3. The highest BCUT2D eigenvalue weighted by molar-refractivity contribution is 5.96. The second kappa shape index (κ2) is 6.03. The minimum Gasteiger partial charge on any atom is -0.370 e. The van der Waals surface area contributed by atoms with E-state index in [1.165, 1.54) is 32.1 Å². The van der Waals surface area contributed by atoms with E-state index in [-0.39, 0.29) is 5.91 Å². The van der Waals surface area contributed by atoms with Crippen molar-refractivity contribution >= 4 is 11.9 Å². The van der Waals surface area contributed by atoms with E-state index in [0.29, 0.717) is 18.4 Å². The third kappa shape index (κ3) is 4.02. The Balaban J connectivity index is 1.63. The molecule has 96 valence electrons. The maximum Gasteiger partial charge on any atom is 0.226 e. The van der Waals surface area contributed by atoms with Crippen LogP contribution in [0.4, 0.5) is 0 Å². The summed E-state index contributed by atoms with van der Waals surface area (Å²) in [4.78, 5) is 15.9. The molecule has 2 aliphatic carbocycles. The molecule has 1 amide bonds. The fraction of sp³-hybridized carbons (Fsp3) is 0.846. The lowest BCUT2D eigenvalue weighted by atomic mass is 9.94. The first-order chi connectivity index (χ1) is 8.24. The zero-order chi connectivity index (χ0) is 12.1. The van der Waals surface area contributed by atoms with E-state index >= 15 is 0 Å². The summed E-state index contributed by atoms with van der Waals surface area (Å²) in [5.74, 6) is 1.09. The van der Waals surface area contributed by atoms with Crippen molar-refractivity contribution in [2.24, 2.45) is 16.6 Å². The van der Waals surface area contributed by atoms with Gasteiger partial charge in [-0.15, -0.1) is 0 Å². The van der Waals surface area contributed by atoms with Crippen LogP contribution in [0.15, 0.2) is 4.99 Å². The average molecular weight is 237 g/mol. The third-order valence-corrected chi connectivity index (χ3v) is 3.92. The summed E-state index contributed by atoms with van der Waals surface area (Å²) in [6, 6.07) is 0.352. The maximum atomic E-state index is 11.6. The largest absolute Gasteiger partial charge is 0.370 e. The lowest BCUT2D eigenvalue weighted by molar-refractivity contribution is -0.120. The standard InChI is InChI=1S/C13H23N3O/c14-13(15-11-6-3-7-11)16-12(17)9-8-10-4-1-2-5-10/h10-11H,1-9H2,(H3,14,15,16,17). The molecule has 2 rings (SSSR count). The number of nitrogens with one attached hydrogen (secondary N) is 1. The second-order valence-electron chi connectivity index (χ2n) is 5.34. The van der Waals surface area contributed by atoms with E-state index in [1.54, 1.807) is 0 Å². The van der Waals surface area contributed by atoms with Crippen molar-refractivity contribution in [2.45, 2.75) is 63.8 Å². The molecule has 0 aromatic heterocycles. The Bertz CT molecular complexity index is 291. The van der Waals surface area contributed by atoms with Crippen molar-refractivity contribution in [2.75, 3.05) is 0 Å². The molecule has 17 heavy (non-hydrogen) atoms. The molecule has 0 atom stereocenters. The highest BCUT2D eigenvalue weighted by atomic mass is 16.1. The molecule has 2 saturated carbocycles. The first-order valence-corrected chi connectivity index (χ1v) is 6.87. The van der Waals surface area contributed by atoms with Crippen LogP contribution in [-0.4, -0.2) is 17.9 Å². The Hall–Kier alpha value is -1.06. The number of rotatable bonds is 4. The number of hydrogen-bond acceptors (Lipinski definition) is 2. The van der Waals surface area contributed by atoms with Gasteiger partial charge in [-0.2, -0.15) is 0 Å². The molecule has 0 spiro atoms. The lowest BCUT2D eigenvalue weighted by Crippen LogP contribution is -2.38. The molecule has 0 saturated heterocycles. The number of nitrogens with zero attached hydrogens (tertiary/aromatic N) is 1. The van der Waals surface area contributed by atoms with Crippen molar-refractivity contribution in [3.63, 3.8) is 0 Å². The van der Waals surface area contributed by atoms with Crippen LogP contribution in [0.25, 0.3) is 0 Å². The van der Waals surface area contributed by atoms with E-state index in [2.05, 4.69) is 10.3 Å². The van der Waals surface area contributed by atoms with Crippen LogP contribution in [0.5, 0.6) is 0 Å². The SMILES string of the molecule is NC(=NC1CCC1)NC(=O)CCC1CCCC1. The molecule has 4 nitrogen and oxygen atoms in total. The number of guanidine groups is 1. The van der Waals surface area contributed by atoms with Gasteiger partial charge in [0.25, 0.3) is 0 Å². The van der Waals surface area contributed by atoms with E-state index < -0.39 is 0 Å². The molecule has 0 aromatic rings. The monoisotopic (exact) mass is 237 g/mol. The lowest BCUT2D eigenvalue weighted by Gasteiger charge is -2.21. The van der Waals surface area contributed by atoms with Gasteiger partial charge in [0.2, 0.25) is 5.91 Å². The molecular weight excluding hydrogens is 214 g/mol. The molecule has 0 aliphatic heterocycles. The van der Waals surface area contributed by atoms with E-state index in [0.717, 1.165) is 25.2 Å². The summed E-state index contributed by atoms with van der Waals surface area (Å²) in [5, 5.41) is 2.69. The molecule has 4 heteroatoms. The second-order valence-corrected chi connectivity index (χ2v) is 5.34. The van der Waals surface area contributed by atoms with Crippen LogP contribution in [0, 0.1) is 5.92 Å². The van der Waals surface area contributed by atoms with Gasteiger partial charge in [-0.25, -0.2) is 4.99 Å². The topological polar surface area (TPSA) is 67.5 Å². The van der Waals surface area contributed by atoms with Crippen molar-refractivity contribution < 1.29 is 4.79 Å². The van der Waals surface area contributed by atoms with Gasteiger partial charge in [0.1, 0.15) is 0 Å². The summed E-state index contributed by atoms with van der Waals surface area (Å²) >= 11 is 0. The highest BCUT2D eigenvalue weighted by Crippen LogP contribution is 2.28. The van der Waals surface area contributed by atoms with Gasteiger partial charge in [-0.3, -0.25) is 10.1 Å².